The summed E-state index contributed by atoms with van der Waals surface area (Å²) in [5.41, 5.74) is 4.63. The summed E-state index contributed by atoms with van der Waals surface area (Å²) >= 11 is 0. The lowest BCUT2D eigenvalue weighted by molar-refractivity contribution is -0.109. The van der Waals surface area contributed by atoms with Gasteiger partial charge in [0.05, 0.1) is 6.04 Å². The van der Waals surface area contributed by atoms with Crippen LogP contribution in [-0.2, 0) is 9.53 Å². The number of alkyl carbamates (subject to hydrolysis) is 1. The molecule has 1 amide bonds. The van der Waals surface area contributed by atoms with E-state index in [1.165, 1.54) is 0 Å². The molecule has 0 bridgehead atoms. The Balaban J connectivity index is 3.93. The van der Waals surface area contributed by atoms with Crippen LogP contribution in [0.5, 0.6) is 0 Å². The molecule has 0 aromatic carbocycles. The molecule has 13 heavy (non-hydrogen) atoms. The molecule has 1 atom stereocenters. The normalized spacial score (nSPS) is 13.2. The van der Waals surface area contributed by atoms with E-state index in [1.54, 1.807) is 20.8 Å². The third-order valence-electron chi connectivity index (χ3n) is 1.12. The Bertz CT molecular complexity index is 186. The highest BCUT2D eigenvalue weighted by atomic mass is 16.6. The first-order chi connectivity index (χ1) is 5.89. The molecule has 0 aliphatic rings. The maximum absolute atomic E-state index is 11.0. The summed E-state index contributed by atoms with van der Waals surface area (Å²) in [6.45, 7) is 5.30. The van der Waals surface area contributed by atoms with E-state index in [2.05, 4.69) is 5.32 Å². The molecule has 0 heterocycles. The van der Waals surface area contributed by atoms with Crippen molar-refractivity contribution >= 4 is 12.4 Å². The second-order valence-corrected chi connectivity index (χ2v) is 3.62. The van der Waals surface area contributed by atoms with Gasteiger partial charge in [0.25, 0.3) is 0 Å². The van der Waals surface area contributed by atoms with Crippen molar-refractivity contribution in [1.82, 2.24) is 5.32 Å². The molecule has 0 aliphatic carbocycles. The van der Waals surface area contributed by atoms with E-state index in [1.807, 2.05) is 0 Å². The van der Waals surface area contributed by atoms with E-state index in [9.17, 15) is 9.59 Å². The molecule has 0 rings (SSSR count). The molecule has 0 aromatic heterocycles. The Hall–Kier alpha value is -1.10. The van der Waals surface area contributed by atoms with Crippen molar-refractivity contribution in [3.05, 3.63) is 0 Å². The topological polar surface area (TPSA) is 81.4 Å². The number of ether oxygens (including phenoxy) is 1. The molecule has 0 unspecified atom stereocenters. The number of carbonyl (C=O) groups is 2. The van der Waals surface area contributed by atoms with E-state index in [0.29, 0.717) is 6.29 Å². The lowest BCUT2D eigenvalue weighted by Gasteiger charge is -2.20. The predicted octanol–water partition coefficient (Wildman–Crippen LogP) is 0.0373. The average Bonchev–Trinajstić information content (AvgIpc) is 1.96. The van der Waals surface area contributed by atoms with E-state index in [0.717, 1.165) is 0 Å². The molecule has 3 N–H and O–H groups in total. The molecule has 5 heteroatoms. The minimum Gasteiger partial charge on any atom is -0.444 e. The van der Waals surface area contributed by atoms with Crippen LogP contribution in [0.3, 0.4) is 0 Å². The minimum absolute atomic E-state index is 0.0722. The zero-order chi connectivity index (χ0) is 10.5. The fourth-order valence-electron chi connectivity index (χ4n) is 0.607. The predicted molar refractivity (Wildman–Crippen MR) is 48.3 cm³/mol. The van der Waals surface area contributed by atoms with Crippen molar-refractivity contribution in [1.29, 1.82) is 0 Å². The fraction of sp³-hybridized carbons (Fsp3) is 0.750. The van der Waals surface area contributed by atoms with Crippen molar-refractivity contribution < 1.29 is 14.3 Å². The zero-order valence-electron chi connectivity index (χ0n) is 8.16. The highest BCUT2D eigenvalue weighted by Gasteiger charge is 2.18. The standard InChI is InChI=1S/C8H16N2O3/c1-8(2,3)13-7(12)10-6(4-9)5-11/h5-6H,4,9H2,1-3H3,(H,10,12)/t6-/m0/s1. The number of amides is 1. The van der Waals surface area contributed by atoms with Gasteiger partial charge in [-0.25, -0.2) is 4.79 Å². The number of aldehydes is 1. The average molecular weight is 188 g/mol. The summed E-state index contributed by atoms with van der Waals surface area (Å²) in [7, 11) is 0. The van der Waals surface area contributed by atoms with Crippen LogP contribution < -0.4 is 11.1 Å². The Kier molecular flexibility index (Phi) is 4.40. The molecule has 0 aromatic rings. The number of hydrogen-bond acceptors (Lipinski definition) is 4. The van der Waals surface area contributed by atoms with Gasteiger partial charge in [-0.15, -0.1) is 0 Å². The van der Waals surface area contributed by atoms with Gasteiger partial charge in [0.1, 0.15) is 11.9 Å². The van der Waals surface area contributed by atoms with Crippen LogP contribution in [0.1, 0.15) is 20.8 Å². The monoisotopic (exact) mass is 188 g/mol. The first kappa shape index (κ1) is 11.9. The lowest BCUT2D eigenvalue weighted by atomic mass is 10.2. The third-order valence-corrected chi connectivity index (χ3v) is 1.12. The van der Waals surface area contributed by atoms with Gasteiger partial charge in [-0.3, -0.25) is 0 Å². The maximum atomic E-state index is 11.0. The number of nitrogens with one attached hydrogen (secondary N) is 1. The van der Waals surface area contributed by atoms with Crippen molar-refractivity contribution in [2.75, 3.05) is 6.54 Å². The van der Waals surface area contributed by atoms with Gasteiger partial charge < -0.3 is 20.6 Å². The zero-order valence-corrected chi connectivity index (χ0v) is 8.16. The molecule has 5 nitrogen and oxygen atoms in total. The van der Waals surface area contributed by atoms with Crippen LogP contribution in [0.4, 0.5) is 4.79 Å². The smallest absolute Gasteiger partial charge is 0.408 e. The summed E-state index contributed by atoms with van der Waals surface area (Å²) in [6, 6.07) is -0.671. The Morgan fingerprint density at radius 2 is 2.15 bits per heavy atom. The molecular weight excluding hydrogens is 172 g/mol. The third kappa shape index (κ3) is 6.10. The molecular formula is C8H16N2O3. The summed E-state index contributed by atoms with van der Waals surface area (Å²) in [6.07, 6.45) is -0.0562. The molecule has 0 aliphatic heterocycles. The molecule has 0 fully saturated rings. The van der Waals surface area contributed by atoms with E-state index >= 15 is 0 Å². The van der Waals surface area contributed by atoms with Crippen molar-refractivity contribution in [3.63, 3.8) is 0 Å². The summed E-state index contributed by atoms with van der Waals surface area (Å²) in [5, 5.41) is 2.32. The molecule has 0 saturated carbocycles. The van der Waals surface area contributed by atoms with E-state index in [4.69, 9.17) is 10.5 Å². The van der Waals surface area contributed by atoms with Crippen LogP contribution in [0.25, 0.3) is 0 Å². The van der Waals surface area contributed by atoms with Gasteiger partial charge in [0.15, 0.2) is 0 Å². The number of nitrogens with two attached hydrogens (primary N) is 1. The Morgan fingerprint density at radius 3 is 2.46 bits per heavy atom. The second kappa shape index (κ2) is 4.81. The highest BCUT2D eigenvalue weighted by molar-refractivity contribution is 5.73. The molecule has 0 saturated heterocycles. The summed E-state index contributed by atoms with van der Waals surface area (Å²) in [5.74, 6) is 0. The van der Waals surface area contributed by atoms with Crippen molar-refractivity contribution in [2.24, 2.45) is 5.73 Å². The number of carbonyl (C=O) groups excluding carboxylic acids is 2. The van der Waals surface area contributed by atoms with Crippen molar-refractivity contribution in [3.8, 4) is 0 Å². The van der Waals surface area contributed by atoms with Gasteiger partial charge in [-0.05, 0) is 20.8 Å². The number of rotatable bonds is 3. The van der Waals surface area contributed by atoms with Crippen LogP contribution in [-0.4, -0.2) is 30.6 Å². The number of hydrogen-bond donors (Lipinski definition) is 2. The lowest BCUT2D eigenvalue weighted by Crippen LogP contribution is -2.43. The van der Waals surface area contributed by atoms with Gasteiger partial charge in [-0.1, -0.05) is 0 Å². The summed E-state index contributed by atoms with van der Waals surface area (Å²) in [4.78, 5) is 21.3. The first-order valence-electron chi connectivity index (χ1n) is 4.04. The Labute approximate surface area is 77.6 Å². The second-order valence-electron chi connectivity index (χ2n) is 3.62. The van der Waals surface area contributed by atoms with E-state index in [-0.39, 0.29) is 6.54 Å². The van der Waals surface area contributed by atoms with Gasteiger partial charge >= 0.3 is 6.09 Å². The summed E-state index contributed by atoms with van der Waals surface area (Å²) < 4.78 is 4.91. The molecule has 76 valence electrons. The Morgan fingerprint density at radius 1 is 1.62 bits per heavy atom. The largest absolute Gasteiger partial charge is 0.444 e. The van der Waals surface area contributed by atoms with Crippen LogP contribution in [0.15, 0.2) is 0 Å². The maximum Gasteiger partial charge on any atom is 0.408 e. The van der Waals surface area contributed by atoms with Gasteiger partial charge in [-0.2, -0.15) is 0 Å². The van der Waals surface area contributed by atoms with Crippen LogP contribution in [0, 0.1) is 0 Å². The van der Waals surface area contributed by atoms with Crippen molar-refractivity contribution in [2.45, 2.75) is 32.4 Å². The quantitative estimate of drug-likeness (QED) is 0.612. The first-order valence-corrected chi connectivity index (χ1v) is 4.04. The fourth-order valence-corrected chi connectivity index (χ4v) is 0.607. The van der Waals surface area contributed by atoms with E-state index < -0.39 is 17.7 Å². The highest BCUT2D eigenvalue weighted by Crippen LogP contribution is 2.06. The van der Waals surface area contributed by atoms with Crippen LogP contribution >= 0.6 is 0 Å². The van der Waals surface area contributed by atoms with Gasteiger partial charge in [0, 0.05) is 6.54 Å². The van der Waals surface area contributed by atoms with Crippen LogP contribution in [0.2, 0.25) is 0 Å². The molecule has 0 spiro atoms. The SMILES string of the molecule is CC(C)(C)OC(=O)N[C@H](C=O)CN. The molecule has 0 radical (unpaired) electrons. The minimum atomic E-state index is -0.671. The van der Waals surface area contributed by atoms with Gasteiger partial charge in [0.2, 0.25) is 0 Å².